The maximum Gasteiger partial charge on any atom is 0.175 e. The molecule has 1 atom stereocenters. The van der Waals surface area contributed by atoms with Crippen molar-refractivity contribution in [3.05, 3.63) is 59.8 Å². The van der Waals surface area contributed by atoms with Crippen molar-refractivity contribution in [1.82, 2.24) is 0 Å². The maximum absolute atomic E-state index is 6.03. The third kappa shape index (κ3) is 2.02. The molecular weight excluding hydrogens is 244 g/mol. The van der Waals surface area contributed by atoms with E-state index in [0.29, 0.717) is 6.42 Å². The number of furan rings is 1. The van der Waals surface area contributed by atoms with Crippen LogP contribution in [0.25, 0.3) is 11.0 Å². The molecule has 0 amide bonds. The summed E-state index contributed by atoms with van der Waals surface area (Å²) in [5.74, 6) is 0.777. The average molecular weight is 257 g/mol. The summed E-state index contributed by atoms with van der Waals surface area (Å²) in [7, 11) is 0. The van der Waals surface area contributed by atoms with Gasteiger partial charge < -0.3 is 9.15 Å². The fourth-order valence-electron chi connectivity index (χ4n) is 1.95. The summed E-state index contributed by atoms with van der Waals surface area (Å²) in [6, 6.07) is 12.0. The van der Waals surface area contributed by atoms with Crippen LogP contribution in [0, 0.1) is 6.92 Å². The molecular formula is C15H13O2S. The topological polar surface area (TPSA) is 22.4 Å². The van der Waals surface area contributed by atoms with Gasteiger partial charge in [0.25, 0.3) is 0 Å². The summed E-state index contributed by atoms with van der Waals surface area (Å²) in [5.41, 5.74) is 0.799. The predicted molar refractivity (Wildman–Crippen MR) is 73.9 cm³/mol. The first-order chi connectivity index (χ1) is 8.88. The predicted octanol–water partition coefficient (Wildman–Crippen LogP) is 4.84. The summed E-state index contributed by atoms with van der Waals surface area (Å²) in [6.45, 7) is 3.96. The van der Waals surface area contributed by atoms with Crippen LogP contribution in [0.3, 0.4) is 0 Å². The van der Waals surface area contributed by atoms with Crippen LogP contribution in [0.4, 0.5) is 0 Å². The number of benzene rings is 1. The highest BCUT2D eigenvalue weighted by atomic mass is 32.1. The zero-order valence-electron chi connectivity index (χ0n) is 9.84. The zero-order valence-corrected chi connectivity index (χ0v) is 10.7. The van der Waals surface area contributed by atoms with Crippen molar-refractivity contribution in [2.75, 3.05) is 0 Å². The minimum Gasteiger partial charge on any atom is -0.481 e. The Morgan fingerprint density at radius 1 is 1.22 bits per heavy atom. The Labute approximate surface area is 110 Å². The van der Waals surface area contributed by atoms with E-state index in [1.54, 1.807) is 17.6 Å². The van der Waals surface area contributed by atoms with Gasteiger partial charge in [-0.25, -0.2) is 0 Å². The number of ether oxygens (including phenoxy) is 1. The van der Waals surface area contributed by atoms with E-state index in [9.17, 15) is 0 Å². The van der Waals surface area contributed by atoms with Gasteiger partial charge in [0, 0.05) is 10.3 Å². The summed E-state index contributed by atoms with van der Waals surface area (Å²) in [6.07, 6.45) is 2.36. The van der Waals surface area contributed by atoms with Crippen LogP contribution in [0.5, 0.6) is 5.75 Å². The number of para-hydroxylation sites is 1. The molecule has 0 aliphatic heterocycles. The van der Waals surface area contributed by atoms with E-state index < -0.39 is 0 Å². The minimum absolute atomic E-state index is 0.0132. The highest BCUT2D eigenvalue weighted by molar-refractivity contribution is 7.10. The Hall–Kier alpha value is -1.74. The normalized spacial score (nSPS) is 12.7. The molecule has 0 spiro atoms. The van der Waals surface area contributed by atoms with E-state index in [-0.39, 0.29) is 6.10 Å². The van der Waals surface area contributed by atoms with E-state index in [1.807, 2.05) is 30.3 Å². The molecule has 1 aromatic carbocycles. The third-order valence-corrected chi connectivity index (χ3v) is 3.80. The maximum atomic E-state index is 6.03. The molecule has 0 fully saturated rings. The fraction of sp³-hybridized carbons (Fsp3) is 0.133. The molecule has 0 N–H and O–H groups in total. The number of rotatable bonds is 4. The van der Waals surface area contributed by atoms with E-state index >= 15 is 0 Å². The molecule has 0 bridgehead atoms. The zero-order chi connectivity index (χ0) is 12.4. The van der Waals surface area contributed by atoms with Crippen molar-refractivity contribution >= 4 is 22.3 Å². The molecule has 1 radical (unpaired) electrons. The van der Waals surface area contributed by atoms with Gasteiger partial charge in [-0.3, -0.25) is 0 Å². The molecule has 0 aliphatic carbocycles. The van der Waals surface area contributed by atoms with Gasteiger partial charge in [0.2, 0.25) is 0 Å². The lowest BCUT2D eigenvalue weighted by Crippen LogP contribution is -2.04. The second kappa shape index (κ2) is 4.86. The van der Waals surface area contributed by atoms with Gasteiger partial charge in [-0.05, 0) is 36.9 Å². The van der Waals surface area contributed by atoms with E-state index in [1.165, 1.54) is 4.88 Å². The largest absolute Gasteiger partial charge is 0.481 e. The van der Waals surface area contributed by atoms with Crippen LogP contribution in [0.15, 0.2) is 52.5 Å². The standard InChI is InChI=1S/C15H13O2S/c1-2-12(14-7-4-10-18-14)17-13-6-3-5-11-8-9-16-15(11)13/h3-10,12H,1-2H2/t12-/m0/s1. The third-order valence-electron chi connectivity index (χ3n) is 2.83. The molecule has 2 aromatic heterocycles. The first-order valence-electron chi connectivity index (χ1n) is 5.84. The first-order valence-corrected chi connectivity index (χ1v) is 6.72. The summed E-state index contributed by atoms with van der Waals surface area (Å²) in [4.78, 5) is 1.19. The van der Waals surface area contributed by atoms with Crippen LogP contribution >= 0.6 is 11.3 Å². The van der Waals surface area contributed by atoms with Gasteiger partial charge in [-0.15, -0.1) is 11.3 Å². The van der Waals surface area contributed by atoms with Crippen molar-refractivity contribution in [3.63, 3.8) is 0 Å². The number of hydrogen-bond acceptors (Lipinski definition) is 3. The Morgan fingerprint density at radius 3 is 2.94 bits per heavy atom. The summed E-state index contributed by atoms with van der Waals surface area (Å²) in [5, 5.41) is 3.11. The van der Waals surface area contributed by atoms with Crippen LogP contribution in [-0.2, 0) is 0 Å². The molecule has 3 heteroatoms. The van der Waals surface area contributed by atoms with Crippen molar-refractivity contribution in [3.8, 4) is 5.75 Å². The highest BCUT2D eigenvalue weighted by Crippen LogP contribution is 2.32. The second-order valence-corrected chi connectivity index (χ2v) is 4.98. The van der Waals surface area contributed by atoms with Crippen LogP contribution in [0.2, 0.25) is 0 Å². The Balaban J connectivity index is 1.93. The molecule has 2 nitrogen and oxygen atoms in total. The van der Waals surface area contributed by atoms with Gasteiger partial charge in [-0.2, -0.15) is 0 Å². The Morgan fingerprint density at radius 2 is 2.17 bits per heavy atom. The average Bonchev–Trinajstić information content (AvgIpc) is 3.06. The smallest absolute Gasteiger partial charge is 0.175 e. The van der Waals surface area contributed by atoms with Gasteiger partial charge in [0.1, 0.15) is 6.10 Å². The lowest BCUT2D eigenvalue weighted by molar-refractivity contribution is 0.212. The van der Waals surface area contributed by atoms with E-state index in [2.05, 4.69) is 18.4 Å². The lowest BCUT2D eigenvalue weighted by atomic mass is 10.2. The molecule has 0 saturated carbocycles. The number of thiophene rings is 1. The van der Waals surface area contributed by atoms with E-state index in [4.69, 9.17) is 9.15 Å². The Kier molecular flexibility index (Phi) is 3.07. The second-order valence-electron chi connectivity index (χ2n) is 4.01. The van der Waals surface area contributed by atoms with Crippen LogP contribution in [0.1, 0.15) is 17.4 Å². The van der Waals surface area contributed by atoms with E-state index in [0.717, 1.165) is 16.7 Å². The molecule has 2 heterocycles. The number of fused-ring (bicyclic) bond motifs is 1. The van der Waals surface area contributed by atoms with Gasteiger partial charge in [0.15, 0.2) is 11.3 Å². The molecule has 3 rings (SSSR count). The van der Waals surface area contributed by atoms with Crippen LogP contribution < -0.4 is 4.74 Å². The molecule has 0 unspecified atom stereocenters. The molecule has 0 saturated heterocycles. The summed E-state index contributed by atoms with van der Waals surface area (Å²) >= 11 is 1.69. The van der Waals surface area contributed by atoms with Crippen molar-refractivity contribution in [1.29, 1.82) is 0 Å². The number of hydrogen-bond donors (Lipinski definition) is 0. The lowest BCUT2D eigenvalue weighted by Gasteiger charge is -2.16. The fourth-order valence-corrected chi connectivity index (χ4v) is 2.73. The molecule has 18 heavy (non-hydrogen) atoms. The molecule has 0 aliphatic rings. The molecule has 3 aromatic rings. The monoisotopic (exact) mass is 257 g/mol. The van der Waals surface area contributed by atoms with Crippen molar-refractivity contribution in [2.24, 2.45) is 0 Å². The highest BCUT2D eigenvalue weighted by Gasteiger charge is 2.14. The van der Waals surface area contributed by atoms with Gasteiger partial charge >= 0.3 is 0 Å². The molecule has 91 valence electrons. The first kappa shape index (κ1) is 11.4. The van der Waals surface area contributed by atoms with Crippen molar-refractivity contribution in [2.45, 2.75) is 12.5 Å². The minimum atomic E-state index is -0.0132. The van der Waals surface area contributed by atoms with Crippen molar-refractivity contribution < 1.29 is 9.15 Å². The quantitative estimate of drug-likeness (QED) is 0.667. The van der Waals surface area contributed by atoms with Crippen LogP contribution in [-0.4, -0.2) is 0 Å². The Bertz CT molecular complexity index is 625. The SMILES string of the molecule is [CH2]C[C@H](Oc1cccc2ccoc12)c1cccs1. The van der Waals surface area contributed by atoms with Gasteiger partial charge in [-0.1, -0.05) is 18.2 Å². The van der Waals surface area contributed by atoms with Gasteiger partial charge in [0.05, 0.1) is 6.26 Å². The summed E-state index contributed by atoms with van der Waals surface area (Å²) < 4.78 is 11.5.